The van der Waals surface area contributed by atoms with Crippen molar-refractivity contribution in [1.82, 2.24) is 0 Å². The fraction of sp³-hybridized carbons (Fsp3) is 0.571. The van der Waals surface area contributed by atoms with E-state index in [1.54, 1.807) is 6.07 Å². The van der Waals surface area contributed by atoms with Crippen LogP contribution in [0.15, 0.2) is 18.2 Å². The average molecular weight is 266 g/mol. The number of hydrogen-bond donors (Lipinski definition) is 1. The molecule has 0 amide bonds. The maximum absolute atomic E-state index is 11.2. The molecule has 0 bridgehead atoms. The third-order valence-corrected chi connectivity index (χ3v) is 3.36. The van der Waals surface area contributed by atoms with Crippen LogP contribution in [0, 0.1) is 17.0 Å². The van der Waals surface area contributed by atoms with Crippen LogP contribution >= 0.6 is 0 Å². The number of nitro groups is 1. The summed E-state index contributed by atoms with van der Waals surface area (Å²) in [5, 5.41) is 20.4. The zero-order chi connectivity index (χ0) is 14.4. The van der Waals surface area contributed by atoms with Gasteiger partial charge in [-0.25, -0.2) is 0 Å². The van der Waals surface area contributed by atoms with Crippen LogP contribution in [0.4, 0.5) is 11.4 Å². The Hall–Kier alpha value is -1.62. The molecular weight excluding hydrogens is 244 g/mol. The summed E-state index contributed by atoms with van der Waals surface area (Å²) in [4.78, 5) is 12.7. The number of rotatable bonds is 7. The van der Waals surface area contributed by atoms with Crippen LogP contribution < -0.4 is 4.90 Å². The molecule has 0 aliphatic heterocycles. The highest BCUT2D eigenvalue weighted by Gasteiger charge is 2.23. The highest BCUT2D eigenvalue weighted by Crippen LogP contribution is 2.31. The molecule has 1 N–H and O–H groups in total. The van der Waals surface area contributed by atoms with Crippen molar-refractivity contribution in [2.75, 3.05) is 18.1 Å². The Labute approximate surface area is 114 Å². The molecule has 1 aromatic rings. The third kappa shape index (κ3) is 3.67. The molecule has 0 fully saturated rings. The minimum atomic E-state index is -0.360. The van der Waals surface area contributed by atoms with Crippen molar-refractivity contribution in [2.45, 2.75) is 39.7 Å². The zero-order valence-corrected chi connectivity index (χ0v) is 11.8. The molecule has 1 aromatic carbocycles. The number of hydrogen-bond acceptors (Lipinski definition) is 4. The molecule has 0 aliphatic rings. The first-order valence-corrected chi connectivity index (χ1v) is 6.67. The van der Waals surface area contributed by atoms with Gasteiger partial charge in [0.25, 0.3) is 5.69 Å². The van der Waals surface area contributed by atoms with Crippen molar-refractivity contribution in [3.8, 4) is 0 Å². The van der Waals surface area contributed by atoms with Gasteiger partial charge in [-0.3, -0.25) is 10.1 Å². The summed E-state index contributed by atoms with van der Waals surface area (Å²) < 4.78 is 0. The molecule has 0 spiro atoms. The normalized spacial score (nSPS) is 10.8. The largest absolute Gasteiger partial charge is 0.395 e. The van der Waals surface area contributed by atoms with Crippen LogP contribution in [0.2, 0.25) is 0 Å². The van der Waals surface area contributed by atoms with E-state index in [0.29, 0.717) is 12.2 Å². The summed E-state index contributed by atoms with van der Waals surface area (Å²) in [7, 11) is 0. The van der Waals surface area contributed by atoms with E-state index in [1.165, 1.54) is 6.07 Å². The summed E-state index contributed by atoms with van der Waals surface area (Å²) in [6.45, 7) is 6.43. The van der Waals surface area contributed by atoms with E-state index in [-0.39, 0.29) is 23.3 Å². The Balaban J connectivity index is 3.27. The lowest BCUT2D eigenvalue weighted by Gasteiger charge is -2.31. The molecule has 1 rings (SSSR count). The number of nitro benzene ring substituents is 1. The maximum Gasteiger partial charge on any atom is 0.292 e. The molecule has 0 unspecified atom stereocenters. The summed E-state index contributed by atoms with van der Waals surface area (Å²) in [6.07, 6.45) is 1.78. The van der Waals surface area contributed by atoms with Gasteiger partial charge in [-0.2, -0.15) is 0 Å². The SMILES string of the molecule is CCC(CC)N(CCO)c1cc(C)ccc1[N+](=O)[O-]. The van der Waals surface area contributed by atoms with E-state index in [9.17, 15) is 15.2 Å². The van der Waals surface area contributed by atoms with Crippen molar-refractivity contribution in [2.24, 2.45) is 0 Å². The van der Waals surface area contributed by atoms with E-state index < -0.39 is 0 Å². The first-order valence-electron chi connectivity index (χ1n) is 6.67. The van der Waals surface area contributed by atoms with Gasteiger partial charge in [0, 0.05) is 18.7 Å². The molecule has 5 nitrogen and oxygen atoms in total. The smallest absolute Gasteiger partial charge is 0.292 e. The summed E-state index contributed by atoms with van der Waals surface area (Å²) in [5.74, 6) is 0. The maximum atomic E-state index is 11.2. The molecular formula is C14H22N2O3. The summed E-state index contributed by atoms with van der Waals surface area (Å²) in [5.41, 5.74) is 1.69. The first-order chi connectivity index (χ1) is 9.04. The molecule has 0 saturated heterocycles. The first kappa shape index (κ1) is 15.4. The molecule has 5 heteroatoms. The van der Waals surface area contributed by atoms with Crippen molar-refractivity contribution >= 4 is 11.4 Å². The monoisotopic (exact) mass is 266 g/mol. The number of aryl methyl sites for hydroxylation is 1. The third-order valence-electron chi connectivity index (χ3n) is 3.36. The van der Waals surface area contributed by atoms with E-state index in [2.05, 4.69) is 13.8 Å². The van der Waals surface area contributed by atoms with Gasteiger partial charge in [0.2, 0.25) is 0 Å². The van der Waals surface area contributed by atoms with Gasteiger partial charge in [0.1, 0.15) is 5.69 Å². The minimum absolute atomic E-state index is 0.0123. The van der Waals surface area contributed by atoms with E-state index >= 15 is 0 Å². The molecule has 0 heterocycles. The van der Waals surface area contributed by atoms with Crippen LogP contribution in [0.1, 0.15) is 32.3 Å². The highest BCUT2D eigenvalue weighted by molar-refractivity contribution is 5.65. The predicted molar refractivity (Wildman–Crippen MR) is 76.6 cm³/mol. The Morgan fingerprint density at radius 2 is 2.00 bits per heavy atom. The lowest BCUT2D eigenvalue weighted by Crippen LogP contribution is -2.37. The molecule has 0 aromatic heterocycles. The van der Waals surface area contributed by atoms with Crippen molar-refractivity contribution in [3.63, 3.8) is 0 Å². The van der Waals surface area contributed by atoms with Gasteiger partial charge in [-0.1, -0.05) is 19.9 Å². The lowest BCUT2D eigenvalue weighted by atomic mass is 10.1. The van der Waals surface area contributed by atoms with Crippen molar-refractivity contribution in [1.29, 1.82) is 0 Å². The number of anilines is 1. The van der Waals surface area contributed by atoms with Gasteiger partial charge in [0.15, 0.2) is 0 Å². The van der Waals surface area contributed by atoms with Crippen LogP contribution in [0.5, 0.6) is 0 Å². The zero-order valence-electron chi connectivity index (χ0n) is 11.8. The quantitative estimate of drug-likeness (QED) is 0.608. The number of benzene rings is 1. The Kier molecular flexibility index (Phi) is 5.76. The van der Waals surface area contributed by atoms with E-state index in [1.807, 2.05) is 17.9 Å². The average Bonchev–Trinajstić information content (AvgIpc) is 2.38. The number of nitrogens with zero attached hydrogens (tertiary/aromatic N) is 2. The summed E-state index contributed by atoms with van der Waals surface area (Å²) in [6, 6.07) is 5.31. The molecule has 19 heavy (non-hydrogen) atoms. The summed E-state index contributed by atoms with van der Waals surface area (Å²) >= 11 is 0. The predicted octanol–water partition coefficient (Wildman–Crippen LogP) is 2.89. The van der Waals surface area contributed by atoms with Gasteiger partial charge >= 0.3 is 0 Å². The van der Waals surface area contributed by atoms with E-state index in [0.717, 1.165) is 18.4 Å². The van der Waals surface area contributed by atoms with Crippen molar-refractivity contribution in [3.05, 3.63) is 33.9 Å². The second kappa shape index (κ2) is 7.09. The number of aliphatic hydroxyl groups excluding tert-OH is 1. The molecule has 0 saturated carbocycles. The second-order valence-electron chi connectivity index (χ2n) is 4.64. The molecule has 106 valence electrons. The topological polar surface area (TPSA) is 66.6 Å². The van der Waals surface area contributed by atoms with Crippen molar-refractivity contribution < 1.29 is 10.0 Å². The van der Waals surface area contributed by atoms with Gasteiger partial charge in [-0.05, 0) is 31.4 Å². The Morgan fingerprint density at radius 1 is 1.37 bits per heavy atom. The molecule has 0 aliphatic carbocycles. The number of aliphatic hydroxyl groups is 1. The second-order valence-corrected chi connectivity index (χ2v) is 4.64. The fourth-order valence-corrected chi connectivity index (χ4v) is 2.35. The van der Waals surface area contributed by atoms with Gasteiger partial charge in [-0.15, -0.1) is 0 Å². The highest BCUT2D eigenvalue weighted by atomic mass is 16.6. The van der Waals surface area contributed by atoms with Gasteiger partial charge < -0.3 is 10.0 Å². The molecule has 0 radical (unpaired) electrons. The van der Waals surface area contributed by atoms with Crippen LogP contribution in [0.25, 0.3) is 0 Å². The van der Waals surface area contributed by atoms with Gasteiger partial charge in [0.05, 0.1) is 11.5 Å². The molecule has 0 atom stereocenters. The standard InChI is InChI=1S/C14H22N2O3/c1-4-12(5-2)15(8-9-17)14-10-11(3)6-7-13(14)16(18)19/h6-7,10,12,17H,4-5,8-9H2,1-3H3. The Morgan fingerprint density at radius 3 is 2.47 bits per heavy atom. The van der Waals surface area contributed by atoms with Crippen LogP contribution in [-0.4, -0.2) is 29.2 Å². The van der Waals surface area contributed by atoms with E-state index in [4.69, 9.17) is 0 Å². The minimum Gasteiger partial charge on any atom is -0.395 e. The van der Waals surface area contributed by atoms with Crippen LogP contribution in [0.3, 0.4) is 0 Å². The Bertz CT molecular complexity index is 431. The lowest BCUT2D eigenvalue weighted by molar-refractivity contribution is -0.384. The van der Waals surface area contributed by atoms with Crippen LogP contribution in [-0.2, 0) is 0 Å². The fourth-order valence-electron chi connectivity index (χ4n) is 2.35.